The lowest BCUT2D eigenvalue weighted by Crippen LogP contribution is -2.60. The maximum Gasteiger partial charge on any atom is 0.335 e. The minimum atomic E-state index is -1.16. The van der Waals surface area contributed by atoms with E-state index in [2.05, 4.69) is 5.32 Å². The van der Waals surface area contributed by atoms with E-state index in [4.69, 9.17) is 11.6 Å². The molecule has 2 amide bonds. The lowest BCUT2D eigenvalue weighted by molar-refractivity contribution is -0.155. The van der Waals surface area contributed by atoms with Crippen LogP contribution in [-0.2, 0) is 10.4 Å². The average molecular weight is 563 g/mol. The minimum absolute atomic E-state index is 0.0156. The van der Waals surface area contributed by atoms with Gasteiger partial charge in [0.25, 0.3) is 5.91 Å². The van der Waals surface area contributed by atoms with E-state index < -0.39 is 28.9 Å². The Hall–Kier alpha value is -3.68. The average Bonchev–Trinajstić information content (AvgIpc) is 2.93. The second-order valence-electron chi connectivity index (χ2n) is 11.4. The summed E-state index contributed by atoms with van der Waals surface area (Å²) in [6, 6.07) is 20.0. The molecule has 0 unspecified atom stereocenters. The number of likely N-dealkylation sites (tertiary alicyclic amines) is 1. The molecular weight excluding hydrogens is 528 g/mol. The predicted octanol–water partition coefficient (Wildman–Crippen LogP) is 5.61. The fourth-order valence-corrected chi connectivity index (χ4v) is 5.51. The van der Waals surface area contributed by atoms with Crippen molar-refractivity contribution in [2.24, 2.45) is 11.3 Å². The van der Waals surface area contributed by atoms with Crippen LogP contribution in [0.4, 0.5) is 0 Å². The van der Waals surface area contributed by atoms with Crippen LogP contribution in [0.1, 0.15) is 60.4 Å². The van der Waals surface area contributed by atoms with Crippen LogP contribution in [0.2, 0.25) is 5.02 Å². The topological polar surface area (TPSA) is 107 Å². The van der Waals surface area contributed by atoms with E-state index in [0.717, 1.165) is 11.1 Å². The van der Waals surface area contributed by atoms with Gasteiger partial charge in [-0.1, -0.05) is 81.8 Å². The molecule has 210 valence electrons. The molecule has 0 bridgehead atoms. The predicted molar refractivity (Wildman–Crippen MR) is 155 cm³/mol. The zero-order chi connectivity index (χ0) is 29.2. The Kier molecular flexibility index (Phi) is 8.38. The molecule has 3 N–H and O–H groups in total. The van der Waals surface area contributed by atoms with Crippen LogP contribution in [0.25, 0.3) is 11.1 Å². The molecule has 2 atom stereocenters. The second-order valence-corrected chi connectivity index (χ2v) is 11.9. The molecular formula is C32H35ClN2O5. The third-order valence-corrected chi connectivity index (χ3v) is 8.10. The Labute approximate surface area is 239 Å². The van der Waals surface area contributed by atoms with Gasteiger partial charge in [-0.2, -0.15) is 0 Å². The largest absolute Gasteiger partial charge is 0.478 e. The van der Waals surface area contributed by atoms with Crippen molar-refractivity contribution in [2.45, 2.75) is 45.8 Å². The summed E-state index contributed by atoms with van der Waals surface area (Å²) in [6.45, 7) is 8.15. The summed E-state index contributed by atoms with van der Waals surface area (Å²) in [5.41, 5.74) is 0.426. The molecule has 4 rings (SSSR count). The third-order valence-electron chi connectivity index (χ3n) is 7.85. The van der Waals surface area contributed by atoms with Gasteiger partial charge in [0, 0.05) is 29.1 Å². The summed E-state index contributed by atoms with van der Waals surface area (Å²) in [7, 11) is 0. The number of carbonyl (C=O) groups is 3. The number of benzene rings is 3. The lowest BCUT2D eigenvalue weighted by atomic mass is 9.66. The Balaban J connectivity index is 1.56. The molecule has 40 heavy (non-hydrogen) atoms. The zero-order valence-corrected chi connectivity index (χ0v) is 23.9. The normalized spacial score (nSPS) is 19.2. The van der Waals surface area contributed by atoms with Crippen LogP contribution < -0.4 is 5.32 Å². The van der Waals surface area contributed by atoms with Crippen molar-refractivity contribution in [3.8, 4) is 11.1 Å². The van der Waals surface area contributed by atoms with E-state index in [1.807, 2.05) is 70.2 Å². The van der Waals surface area contributed by atoms with E-state index in [-0.39, 0.29) is 29.5 Å². The summed E-state index contributed by atoms with van der Waals surface area (Å²) in [4.78, 5) is 40.7. The summed E-state index contributed by atoms with van der Waals surface area (Å²) in [5.74, 6) is -2.14. The molecule has 0 aliphatic carbocycles. The first-order valence-electron chi connectivity index (χ1n) is 13.3. The Bertz CT molecular complexity index is 1400. The van der Waals surface area contributed by atoms with Crippen LogP contribution >= 0.6 is 11.6 Å². The van der Waals surface area contributed by atoms with Gasteiger partial charge in [0.2, 0.25) is 5.91 Å². The highest BCUT2D eigenvalue weighted by molar-refractivity contribution is 6.30. The van der Waals surface area contributed by atoms with Gasteiger partial charge in [-0.05, 0) is 59.4 Å². The standard InChI is InChI=1S/C32H35ClN2O5/c1-20(2)27(29(37)35-15-14-32(40,31(3,4)19-35)25-10-12-26(33)13-11-25)34-28(36)23-16-22(17-24(18-23)30(38)39)21-8-6-5-7-9-21/h5-13,16-18,20,27,40H,14-15,19H2,1-4H3,(H,34,36)(H,38,39)/t27-,32+/m1/s1. The molecule has 1 heterocycles. The van der Waals surface area contributed by atoms with Crippen LogP contribution in [0, 0.1) is 11.3 Å². The van der Waals surface area contributed by atoms with Gasteiger partial charge in [-0.3, -0.25) is 9.59 Å². The summed E-state index contributed by atoms with van der Waals surface area (Å²) >= 11 is 6.05. The van der Waals surface area contributed by atoms with Crippen molar-refractivity contribution in [1.29, 1.82) is 0 Å². The molecule has 3 aromatic carbocycles. The summed E-state index contributed by atoms with van der Waals surface area (Å²) < 4.78 is 0. The van der Waals surface area contributed by atoms with Crippen molar-refractivity contribution in [3.63, 3.8) is 0 Å². The minimum Gasteiger partial charge on any atom is -0.478 e. The molecule has 1 saturated heterocycles. The number of rotatable bonds is 7. The van der Waals surface area contributed by atoms with Crippen molar-refractivity contribution in [3.05, 3.63) is 94.5 Å². The molecule has 1 aliphatic rings. The highest BCUT2D eigenvalue weighted by Crippen LogP contribution is 2.46. The molecule has 0 aromatic heterocycles. The molecule has 3 aromatic rings. The fraction of sp³-hybridized carbons (Fsp3) is 0.344. The fourth-order valence-electron chi connectivity index (χ4n) is 5.39. The molecule has 0 spiro atoms. The maximum absolute atomic E-state index is 13.8. The first kappa shape index (κ1) is 29.3. The zero-order valence-electron chi connectivity index (χ0n) is 23.1. The maximum atomic E-state index is 13.8. The van der Waals surface area contributed by atoms with Gasteiger partial charge in [0.15, 0.2) is 0 Å². The number of aromatic carboxylic acids is 1. The number of aliphatic hydroxyl groups is 1. The van der Waals surface area contributed by atoms with Crippen molar-refractivity contribution in [1.82, 2.24) is 10.2 Å². The molecule has 8 heteroatoms. The van der Waals surface area contributed by atoms with Gasteiger partial charge in [-0.25, -0.2) is 4.79 Å². The number of halogens is 1. The number of hydrogen-bond donors (Lipinski definition) is 3. The van der Waals surface area contributed by atoms with Crippen LogP contribution in [0.5, 0.6) is 0 Å². The van der Waals surface area contributed by atoms with E-state index in [0.29, 0.717) is 23.6 Å². The number of piperidine rings is 1. The molecule has 7 nitrogen and oxygen atoms in total. The van der Waals surface area contributed by atoms with Crippen LogP contribution in [0.3, 0.4) is 0 Å². The third kappa shape index (κ3) is 5.91. The summed E-state index contributed by atoms with van der Waals surface area (Å²) in [6.07, 6.45) is 0.327. The molecule has 1 aliphatic heterocycles. The lowest BCUT2D eigenvalue weighted by Gasteiger charge is -2.51. The van der Waals surface area contributed by atoms with Crippen molar-refractivity contribution < 1.29 is 24.6 Å². The Morgan fingerprint density at radius 3 is 2.12 bits per heavy atom. The number of carbonyl (C=O) groups excluding carboxylic acids is 2. The van der Waals surface area contributed by atoms with E-state index in [1.54, 1.807) is 23.1 Å². The van der Waals surface area contributed by atoms with Gasteiger partial charge in [0.1, 0.15) is 6.04 Å². The van der Waals surface area contributed by atoms with E-state index in [1.165, 1.54) is 12.1 Å². The number of hydrogen-bond acceptors (Lipinski definition) is 4. The molecule has 1 fully saturated rings. The molecule has 0 radical (unpaired) electrons. The first-order valence-corrected chi connectivity index (χ1v) is 13.7. The second kappa shape index (κ2) is 11.4. The van der Waals surface area contributed by atoms with Crippen LogP contribution in [-0.4, -0.2) is 52.0 Å². The highest BCUT2D eigenvalue weighted by Gasteiger charge is 2.50. The number of amides is 2. The van der Waals surface area contributed by atoms with Crippen LogP contribution in [0.15, 0.2) is 72.8 Å². The Morgan fingerprint density at radius 1 is 0.925 bits per heavy atom. The molecule has 0 saturated carbocycles. The Morgan fingerprint density at radius 2 is 1.55 bits per heavy atom. The highest BCUT2D eigenvalue weighted by atomic mass is 35.5. The van der Waals surface area contributed by atoms with Gasteiger partial charge in [0.05, 0.1) is 11.2 Å². The number of nitrogens with zero attached hydrogens (tertiary/aromatic N) is 1. The van der Waals surface area contributed by atoms with Crippen molar-refractivity contribution in [2.75, 3.05) is 13.1 Å². The SMILES string of the molecule is CC(C)[C@@H](NC(=O)c1cc(C(=O)O)cc(-c2ccccc2)c1)C(=O)N1CC[C@](O)(c2ccc(Cl)cc2)C(C)(C)C1. The first-order chi connectivity index (χ1) is 18.8. The quantitative estimate of drug-likeness (QED) is 0.347. The number of carboxylic acids is 1. The number of carboxylic acid groups (broad SMARTS) is 1. The summed E-state index contributed by atoms with van der Waals surface area (Å²) in [5, 5.41) is 24.8. The van der Waals surface area contributed by atoms with Gasteiger partial charge < -0.3 is 20.4 Å². The van der Waals surface area contributed by atoms with E-state index in [9.17, 15) is 24.6 Å². The van der Waals surface area contributed by atoms with Gasteiger partial charge in [-0.15, -0.1) is 0 Å². The monoisotopic (exact) mass is 562 g/mol. The van der Waals surface area contributed by atoms with Crippen molar-refractivity contribution >= 4 is 29.4 Å². The van der Waals surface area contributed by atoms with E-state index >= 15 is 0 Å². The number of nitrogens with one attached hydrogen (secondary N) is 1. The smallest absolute Gasteiger partial charge is 0.335 e. The van der Waals surface area contributed by atoms with Gasteiger partial charge >= 0.3 is 5.97 Å².